The summed E-state index contributed by atoms with van der Waals surface area (Å²) in [5.74, 6) is -0.531. The van der Waals surface area contributed by atoms with E-state index in [1.54, 1.807) is 28.9 Å². The number of hydrogen-bond acceptors (Lipinski definition) is 4. The first kappa shape index (κ1) is 11.1. The van der Waals surface area contributed by atoms with Crippen molar-refractivity contribution < 1.29 is 13.5 Å². The molecule has 0 radical (unpaired) electrons. The molecule has 0 amide bonds. The summed E-state index contributed by atoms with van der Waals surface area (Å²) in [5.41, 5.74) is 0.936. The minimum atomic E-state index is -3.71. The number of pyridine rings is 1. The monoisotopic (exact) mass is 241 g/mol. The highest BCUT2D eigenvalue weighted by atomic mass is 32.2. The predicted molar refractivity (Wildman–Crippen MR) is 58.1 cm³/mol. The molecule has 2 rings (SSSR count). The second-order valence-corrected chi connectivity index (χ2v) is 5.14. The van der Waals surface area contributed by atoms with Gasteiger partial charge in [-0.2, -0.15) is 0 Å². The maximum Gasteiger partial charge on any atom is 0.212 e. The third-order valence-corrected chi connectivity index (χ3v) is 2.89. The van der Waals surface area contributed by atoms with Crippen LogP contribution >= 0.6 is 0 Å². The molecule has 0 aliphatic heterocycles. The SMILES string of the molecule is NS(=O)(=O)CC(O)c1cn2ccccc2n1. The summed E-state index contributed by atoms with van der Waals surface area (Å²) in [6, 6.07) is 5.37. The standard InChI is InChI=1S/C9H11N3O3S/c10-16(14,15)6-8(13)7-5-12-4-2-1-3-9(12)11-7/h1-5,8,13H,6H2,(H2,10,14,15). The zero-order valence-electron chi connectivity index (χ0n) is 8.31. The van der Waals surface area contributed by atoms with Crippen LogP contribution in [0.2, 0.25) is 0 Å². The molecule has 0 saturated heterocycles. The molecular weight excluding hydrogens is 230 g/mol. The molecule has 2 heterocycles. The highest BCUT2D eigenvalue weighted by molar-refractivity contribution is 7.89. The van der Waals surface area contributed by atoms with Crippen LogP contribution in [0.3, 0.4) is 0 Å². The minimum Gasteiger partial charge on any atom is -0.386 e. The molecule has 1 atom stereocenters. The second kappa shape index (κ2) is 3.85. The summed E-state index contributed by atoms with van der Waals surface area (Å²) < 4.78 is 23.3. The number of hydrogen-bond donors (Lipinski definition) is 2. The number of sulfonamides is 1. The lowest BCUT2D eigenvalue weighted by Crippen LogP contribution is -2.21. The summed E-state index contributed by atoms with van der Waals surface area (Å²) >= 11 is 0. The number of fused-ring (bicyclic) bond motifs is 1. The van der Waals surface area contributed by atoms with E-state index in [2.05, 4.69) is 4.98 Å². The van der Waals surface area contributed by atoms with Crippen LogP contribution in [0.25, 0.3) is 5.65 Å². The molecule has 7 heteroatoms. The van der Waals surface area contributed by atoms with Crippen LogP contribution in [0.1, 0.15) is 11.8 Å². The van der Waals surface area contributed by atoms with E-state index in [9.17, 15) is 13.5 Å². The topological polar surface area (TPSA) is 97.7 Å². The van der Waals surface area contributed by atoms with E-state index in [0.717, 1.165) is 0 Å². The van der Waals surface area contributed by atoms with Gasteiger partial charge >= 0.3 is 0 Å². The Morgan fingerprint density at radius 3 is 2.88 bits per heavy atom. The predicted octanol–water partition coefficient (Wildman–Crippen LogP) is -0.344. The number of nitrogens with zero attached hydrogens (tertiary/aromatic N) is 2. The Balaban J connectivity index is 2.33. The van der Waals surface area contributed by atoms with Gasteiger partial charge in [-0.3, -0.25) is 0 Å². The van der Waals surface area contributed by atoms with Gasteiger partial charge in [0.25, 0.3) is 0 Å². The van der Waals surface area contributed by atoms with Gasteiger partial charge in [0.05, 0.1) is 11.4 Å². The molecule has 0 aromatic carbocycles. The molecule has 2 aromatic heterocycles. The average Bonchev–Trinajstić information content (AvgIpc) is 2.58. The van der Waals surface area contributed by atoms with E-state index in [-0.39, 0.29) is 0 Å². The maximum absolute atomic E-state index is 10.8. The normalized spacial score (nSPS) is 14.1. The molecule has 16 heavy (non-hydrogen) atoms. The van der Waals surface area contributed by atoms with Gasteiger partial charge in [-0.25, -0.2) is 18.5 Å². The Hall–Kier alpha value is -1.44. The fraction of sp³-hybridized carbons (Fsp3) is 0.222. The molecule has 0 aliphatic rings. The van der Waals surface area contributed by atoms with Crippen molar-refractivity contribution in [1.29, 1.82) is 0 Å². The average molecular weight is 241 g/mol. The van der Waals surface area contributed by atoms with Crippen molar-refractivity contribution in [2.75, 3.05) is 5.75 Å². The second-order valence-electron chi connectivity index (χ2n) is 3.48. The highest BCUT2D eigenvalue weighted by Gasteiger charge is 2.17. The number of rotatable bonds is 3. The Morgan fingerprint density at radius 1 is 1.50 bits per heavy atom. The van der Waals surface area contributed by atoms with Crippen molar-refractivity contribution in [3.63, 3.8) is 0 Å². The van der Waals surface area contributed by atoms with E-state index in [4.69, 9.17) is 5.14 Å². The Morgan fingerprint density at radius 2 is 2.25 bits per heavy atom. The first-order valence-corrected chi connectivity index (χ1v) is 6.29. The molecule has 0 bridgehead atoms. The van der Waals surface area contributed by atoms with Crippen LogP contribution in [-0.4, -0.2) is 28.7 Å². The van der Waals surface area contributed by atoms with E-state index in [0.29, 0.717) is 11.3 Å². The number of primary sulfonamides is 1. The van der Waals surface area contributed by atoms with Crippen molar-refractivity contribution >= 4 is 15.7 Å². The van der Waals surface area contributed by atoms with Gasteiger partial charge in [0, 0.05) is 12.4 Å². The summed E-state index contributed by atoms with van der Waals surface area (Å²) in [4.78, 5) is 4.09. The first-order valence-electron chi connectivity index (χ1n) is 4.58. The third kappa shape index (κ3) is 2.38. The molecule has 6 nitrogen and oxygen atoms in total. The van der Waals surface area contributed by atoms with Crippen LogP contribution < -0.4 is 5.14 Å². The zero-order valence-corrected chi connectivity index (χ0v) is 9.13. The molecule has 3 N–H and O–H groups in total. The first-order chi connectivity index (χ1) is 7.46. The fourth-order valence-corrected chi connectivity index (χ4v) is 2.03. The molecule has 2 aromatic rings. The van der Waals surface area contributed by atoms with Crippen LogP contribution in [0.5, 0.6) is 0 Å². The zero-order chi connectivity index (χ0) is 11.8. The number of aliphatic hydroxyl groups is 1. The van der Waals surface area contributed by atoms with Gasteiger partial charge in [-0.05, 0) is 12.1 Å². The molecule has 0 spiro atoms. The number of nitrogens with two attached hydrogens (primary N) is 1. The number of imidazole rings is 1. The number of aliphatic hydroxyl groups excluding tert-OH is 1. The minimum absolute atomic E-state index is 0.292. The van der Waals surface area contributed by atoms with Gasteiger partial charge in [-0.15, -0.1) is 0 Å². The lowest BCUT2D eigenvalue weighted by atomic mass is 10.3. The molecular formula is C9H11N3O3S. The van der Waals surface area contributed by atoms with Crippen molar-refractivity contribution in [2.45, 2.75) is 6.10 Å². The summed E-state index contributed by atoms with van der Waals surface area (Å²) in [5, 5.41) is 14.5. The molecule has 1 unspecified atom stereocenters. The van der Waals surface area contributed by atoms with Gasteiger partial charge in [0.15, 0.2) is 0 Å². The van der Waals surface area contributed by atoms with E-state index >= 15 is 0 Å². The summed E-state index contributed by atoms with van der Waals surface area (Å²) in [6.45, 7) is 0. The van der Waals surface area contributed by atoms with Gasteiger partial charge in [0.2, 0.25) is 10.0 Å². The Bertz CT molecular complexity index is 572. The lowest BCUT2D eigenvalue weighted by molar-refractivity contribution is 0.197. The lowest BCUT2D eigenvalue weighted by Gasteiger charge is -2.04. The summed E-state index contributed by atoms with van der Waals surface area (Å²) in [6.07, 6.45) is 2.13. The third-order valence-electron chi connectivity index (χ3n) is 2.11. The van der Waals surface area contributed by atoms with E-state index < -0.39 is 21.9 Å². The van der Waals surface area contributed by atoms with Crippen LogP contribution in [0.4, 0.5) is 0 Å². The van der Waals surface area contributed by atoms with Crippen molar-refractivity contribution in [1.82, 2.24) is 9.38 Å². The van der Waals surface area contributed by atoms with Crippen molar-refractivity contribution in [3.05, 3.63) is 36.3 Å². The maximum atomic E-state index is 10.8. The quantitative estimate of drug-likeness (QED) is 0.767. The van der Waals surface area contributed by atoms with Gasteiger partial charge in [0.1, 0.15) is 11.8 Å². The molecule has 86 valence electrons. The molecule has 0 saturated carbocycles. The largest absolute Gasteiger partial charge is 0.386 e. The van der Waals surface area contributed by atoms with Crippen LogP contribution in [-0.2, 0) is 10.0 Å². The van der Waals surface area contributed by atoms with Crippen molar-refractivity contribution in [3.8, 4) is 0 Å². The van der Waals surface area contributed by atoms with Gasteiger partial charge in [-0.1, -0.05) is 6.07 Å². The Labute approximate surface area is 92.4 Å². The Kier molecular flexibility index (Phi) is 2.66. The van der Waals surface area contributed by atoms with Crippen LogP contribution in [0.15, 0.2) is 30.6 Å². The highest BCUT2D eigenvalue weighted by Crippen LogP contribution is 2.14. The van der Waals surface area contributed by atoms with Crippen LogP contribution in [0, 0.1) is 0 Å². The van der Waals surface area contributed by atoms with Gasteiger partial charge < -0.3 is 9.51 Å². The van der Waals surface area contributed by atoms with E-state index in [1.807, 2.05) is 6.07 Å². The molecule has 0 aliphatic carbocycles. The fourth-order valence-electron chi connectivity index (χ4n) is 1.42. The number of aromatic nitrogens is 2. The van der Waals surface area contributed by atoms with Crippen molar-refractivity contribution in [2.24, 2.45) is 5.14 Å². The summed E-state index contributed by atoms with van der Waals surface area (Å²) in [7, 11) is -3.71. The molecule has 0 fully saturated rings. The van der Waals surface area contributed by atoms with E-state index in [1.165, 1.54) is 0 Å². The smallest absolute Gasteiger partial charge is 0.212 e.